The van der Waals surface area contributed by atoms with Crippen LogP contribution in [-0.4, -0.2) is 5.16 Å². The SMILES string of the molecule is Fc1ccc(-c2noc(C3CCCC3)c2Cl)cc1. The van der Waals surface area contributed by atoms with Gasteiger partial charge in [0, 0.05) is 11.5 Å². The van der Waals surface area contributed by atoms with Crippen LogP contribution in [0.3, 0.4) is 0 Å². The van der Waals surface area contributed by atoms with Gasteiger partial charge in [0.15, 0.2) is 5.76 Å². The van der Waals surface area contributed by atoms with Gasteiger partial charge < -0.3 is 4.52 Å². The number of benzene rings is 1. The van der Waals surface area contributed by atoms with E-state index in [9.17, 15) is 4.39 Å². The molecule has 0 unspecified atom stereocenters. The van der Waals surface area contributed by atoms with E-state index in [0.717, 1.165) is 24.2 Å². The molecule has 1 aliphatic carbocycles. The van der Waals surface area contributed by atoms with Crippen LogP contribution in [0.5, 0.6) is 0 Å². The molecule has 1 aliphatic rings. The van der Waals surface area contributed by atoms with Crippen molar-refractivity contribution in [2.45, 2.75) is 31.6 Å². The summed E-state index contributed by atoms with van der Waals surface area (Å²) in [4.78, 5) is 0. The monoisotopic (exact) mass is 265 g/mol. The van der Waals surface area contributed by atoms with E-state index in [4.69, 9.17) is 16.1 Å². The number of nitrogens with zero attached hydrogens (tertiary/aromatic N) is 1. The van der Waals surface area contributed by atoms with Gasteiger partial charge in [-0.3, -0.25) is 0 Å². The maximum absolute atomic E-state index is 12.9. The van der Waals surface area contributed by atoms with Crippen molar-refractivity contribution in [1.82, 2.24) is 5.16 Å². The molecule has 3 rings (SSSR count). The Hall–Kier alpha value is -1.35. The molecule has 0 spiro atoms. The van der Waals surface area contributed by atoms with Gasteiger partial charge in [-0.05, 0) is 37.1 Å². The predicted molar refractivity (Wildman–Crippen MR) is 68.1 cm³/mol. The van der Waals surface area contributed by atoms with Crippen LogP contribution in [0.4, 0.5) is 4.39 Å². The Morgan fingerprint density at radius 3 is 2.50 bits per heavy atom. The second kappa shape index (κ2) is 4.73. The van der Waals surface area contributed by atoms with Crippen LogP contribution >= 0.6 is 11.6 Å². The van der Waals surface area contributed by atoms with E-state index in [0.29, 0.717) is 16.6 Å². The van der Waals surface area contributed by atoms with Crippen LogP contribution in [0.2, 0.25) is 5.02 Å². The molecule has 1 saturated carbocycles. The molecule has 0 aliphatic heterocycles. The summed E-state index contributed by atoms with van der Waals surface area (Å²) in [6.07, 6.45) is 4.65. The third kappa shape index (κ3) is 2.03. The van der Waals surface area contributed by atoms with Crippen LogP contribution in [0.25, 0.3) is 11.3 Å². The second-order valence-corrected chi connectivity index (χ2v) is 5.08. The van der Waals surface area contributed by atoms with Crippen molar-refractivity contribution in [3.8, 4) is 11.3 Å². The van der Waals surface area contributed by atoms with Gasteiger partial charge in [0.05, 0.1) is 0 Å². The Kier molecular flexibility index (Phi) is 3.08. The van der Waals surface area contributed by atoms with Crippen molar-refractivity contribution < 1.29 is 8.91 Å². The van der Waals surface area contributed by atoms with Crippen LogP contribution < -0.4 is 0 Å². The van der Waals surface area contributed by atoms with Gasteiger partial charge in [-0.25, -0.2) is 4.39 Å². The average Bonchev–Trinajstić information content (AvgIpc) is 2.99. The van der Waals surface area contributed by atoms with Crippen molar-refractivity contribution in [3.63, 3.8) is 0 Å². The Bertz CT molecular complexity index is 543. The molecule has 0 saturated heterocycles. The fourth-order valence-electron chi connectivity index (χ4n) is 2.52. The highest BCUT2D eigenvalue weighted by molar-refractivity contribution is 6.33. The zero-order chi connectivity index (χ0) is 12.5. The molecule has 0 radical (unpaired) electrons. The maximum atomic E-state index is 12.9. The minimum atomic E-state index is -0.269. The summed E-state index contributed by atoms with van der Waals surface area (Å²) >= 11 is 6.33. The highest BCUT2D eigenvalue weighted by Gasteiger charge is 2.26. The zero-order valence-electron chi connectivity index (χ0n) is 9.83. The standard InChI is InChI=1S/C14H13ClFNO/c15-12-13(9-5-7-11(16)8-6-9)17-18-14(12)10-3-1-2-4-10/h5-8,10H,1-4H2. The first kappa shape index (κ1) is 11.7. The Morgan fingerprint density at radius 2 is 1.83 bits per heavy atom. The average molecular weight is 266 g/mol. The lowest BCUT2D eigenvalue weighted by atomic mass is 10.0. The number of hydrogen-bond donors (Lipinski definition) is 0. The summed E-state index contributed by atoms with van der Waals surface area (Å²) in [5, 5.41) is 4.61. The molecule has 0 N–H and O–H groups in total. The van der Waals surface area contributed by atoms with Gasteiger partial charge in [-0.15, -0.1) is 0 Å². The molecule has 2 aromatic rings. The summed E-state index contributed by atoms with van der Waals surface area (Å²) in [5.41, 5.74) is 1.40. The van der Waals surface area contributed by atoms with Gasteiger partial charge in [0.1, 0.15) is 16.5 Å². The Morgan fingerprint density at radius 1 is 1.17 bits per heavy atom. The largest absolute Gasteiger partial charge is 0.359 e. The quantitative estimate of drug-likeness (QED) is 0.780. The van der Waals surface area contributed by atoms with Crippen molar-refractivity contribution in [2.24, 2.45) is 0 Å². The van der Waals surface area contributed by atoms with E-state index >= 15 is 0 Å². The van der Waals surface area contributed by atoms with Crippen LogP contribution in [-0.2, 0) is 0 Å². The summed E-state index contributed by atoms with van der Waals surface area (Å²) < 4.78 is 18.3. The highest BCUT2D eigenvalue weighted by atomic mass is 35.5. The fourth-order valence-corrected chi connectivity index (χ4v) is 2.85. The van der Waals surface area contributed by atoms with E-state index in [2.05, 4.69) is 5.16 Å². The van der Waals surface area contributed by atoms with Crippen LogP contribution in [0, 0.1) is 5.82 Å². The lowest BCUT2D eigenvalue weighted by Crippen LogP contribution is -1.89. The van der Waals surface area contributed by atoms with Crippen molar-refractivity contribution in [3.05, 3.63) is 40.9 Å². The molecule has 0 amide bonds. The van der Waals surface area contributed by atoms with Crippen molar-refractivity contribution in [2.75, 3.05) is 0 Å². The molecule has 1 aromatic heterocycles. The summed E-state index contributed by atoms with van der Waals surface area (Å²) in [5.74, 6) is 0.905. The second-order valence-electron chi connectivity index (χ2n) is 4.70. The van der Waals surface area contributed by atoms with E-state index in [-0.39, 0.29) is 5.82 Å². The zero-order valence-corrected chi connectivity index (χ0v) is 10.6. The van der Waals surface area contributed by atoms with Crippen LogP contribution in [0.1, 0.15) is 37.4 Å². The van der Waals surface area contributed by atoms with Gasteiger partial charge in [-0.2, -0.15) is 0 Å². The minimum absolute atomic E-state index is 0.269. The van der Waals surface area contributed by atoms with E-state index in [1.807, 2.05) is 0 Å². The predicted octanol–water partition coefficient (Wildman–Crippen LogP) is 4.79. The molecule has 4 heteroatoms. The summed E-state index contributed by atoms with van der Waals surface area (Å²) in [7, 11) is 0. The third-order valence-corrected chi connectivity index (χ3v) is 3.87. The molecular weight excluding hydrogens is 253 g/mol. The van der Waals surface area contributed by atoms with Gasteiger partial charge in [0.25, 0.3) is 0 Å². The maximum Gasteiger partial charge on any atom is 0.159 e. The first-order valence-electron chi connectivity index (χ1n) is 6.16. The molecule has 1 aromatic carbocycles. The first-order chi connectivity index (χ1) is 8.75. The number of halogens is 2. The Balaban J connectivity index is 1.96. The van der Waals surface area contributed by atoms with E-state index in [1.165, 1.54) is 25.0 Å². The number of aromatic nitrogens is 1. The molecular formula is C14H13ClFNO. The molecule has 0 atom stereocenters. The molecule has 0 bridgehead atoms. The molecule has 2 nitrogen and oxygen atoms in total. The van der Waals surface area contributed by atoms with Gasteiger partial charge in [-0.1, -0.05) is 29.6 Å². The normalized spacial score (nSPS) is 16.3. The Labute approximate surface area is 110 Å². The lowest BCUT2D eigenvalue weighted by molar-refractivity contribution is 0.362. The molecule has 94 valence electrons. The highest BCUT2D eigenvalue weighted by Crippen LogP contribution is 2.41. The minimum Gasteiger partial charge on any atom is -0.359 e. The van der Waals surface area contributed by atoms with Crippen molar-refractivity contribution >= 4 is 11.6 Å². The van der Waals surface area contributed by atoms with Crippen molar-refractivity contribution in [1.29, 1.82) is 0 Å². The third-order valence-electron chi connectivity index (χ3n) is 3.50. The van der Waals surface area contributed by atoms with Gasteiger partial charge in [0.2, 0.25) is 0 Å². The molecule has 18 heavy (non-hydrogen) atoms. The van der Waals surface area contributed by atoms with Crippen LogP contribution in [0.15, 0.2) is 28.8 Å². The topological polar surface area (TPSA) is 26.0 Å². The molecule has 1 heterocycles. The first-order valence-corrected chi connectivity index (χ1v) is 6.54. The van der Waals surface area contributed by atoms with E-state index < -0.39 is 0 Å². The molecule has 1 fully saturated rings. The van der Waals surface area contributed by atoms with Gasteiger partial charge >= 0.3 is 0 Å². The van der Waals surface area contributed by atoms with E-state index in [1.54, 1.807) is 12.1 Å². The fraction of sp³-hybridized carbons (Fsp3) is 0.357. The number of hydrogen-bond acceptors (Lipinski definition) is 2. The smallest absolute Gasteiger partial charge is 0.159 e. The summed E-state index contributed by atoms with van der Waals surface area (Å²) in [6, 6.07) is 6.13. The number of rotatable bonds is 2. The summed E-state index contributed by atoms with van der Waals surface area (Å²) in [6.45, 7) is 0. The lowest BCUT2D eigenvalue weighted by Gasteiger charge is -2.03.